The van der Waals surface area contributed by atoms with Crippen molar-refractivity contribution in [3.63, 3.8) is 0 Å². The van der Waals surface area contributed by atoms with Crippen LogP contribution in [0.5, 0.6) is 5.75 Å². The van der Waals surface area contributed by atoms with Crippen LogP contribution in [-0.2, 0) is 9.53 Å². The molecule has 0 radical (unpaired) electrons. The fourth-order valence-electron chi connectivity index (χ4n) is 4.51. The number of hydrogen-bond acceptors (Lipinski definition) is 5. The number of rotatable bonds is 4. The predicted octanol–water partition coefficient (Wildman–Crippen LogP) is 3.82. The third-order valence-corrected chi connectivity index (χ3v) is 7.03. The molecule has 3 atom stereocenters. The number of hydrogen-bond donors (Lipinski definition) is 1. The van der Waals surface area contributed by atoms with Crippen LogP contribution in [0.2, 0.25) is 0 Å². The van der Waals surface area contributed by atoms with Gasteiger partial charge in [0.1, 0.15) is 18.2 Å². The van der Waals surface area contributed by atoms with Crippen LogP contribution in [0.3, 0.4) is 0 Å². The molecule has 1 fully saturated rings. The number of nitrogens with one attached hydrogen (secondary N) is 1. The largest absolute Gasteiger partial charge is 0.491 e. The lowest BCUT2D eigenvalue weighted by Gasteiger charge is -2.36. The van der Waals surface area contributed by atoms with E-state index < -0.39 is 17.8 Å². The Labute approximate surface area is 216 Å². The standard InChI is InChI=1S/C28H34FN3O5/c1-17-14-32(28(35)21-7-5-6-8-23(21)29)18(2)16-37-24-13-20(30-26(33)19-9-10-19)11-12-22(24)27(34)31(3)15-25(17)36-4/h5-8,11-13,17-19,25H,9-10,14-16H2,1-4H3,(H,30,33)/t17-,18-,25-/m0/s1. The summed E-state index contributed by atoms with van der Waals surface area (Å²) in [7, 11) is 3.26. The summed E-state index contributed by atoms with van der Waals surface area (Å²) in [6, 6.07) is 10.4. The van der Waals surface area contributed by atoms with E-state index in [1.165, 1.54) is 12.1 Å². The van der Waals surface area contributed by atoms with Gasteiger partial charge >= 0.3 is 0 Å². The zero-order valence-electron chi connectivity index (χ0n) is 21.7. The lowest BCUT2D eigenvalue weighted by atomic mass is 10.0. The maximum Gasteiger partial charge on any atom is 0.257 e. The molecule has 0 unspecified atom stereocenters. The van der Waals surface area contributed by atoms with Gasteiger partial charge in [-0.3, -0.25) is 14.4 Å². The minimum atomic E-state index is -0.589. The van der Waals surface area contributed by atoms with Gasteiger partial charge in [0.25, 0.3) is 11.8 Å². The minimum absolute atomic E-state index is 0.0135. The highest BCUT2D eigenvalue weighted by molar-refractivity contribution is 5.99. The second-order valence-electron chi connectivity index (χ2n) is 10.0. The third kappa shape index (κ3) is 6.10. The fraction of sp³-hybridized carbons (Fsp3) is 0.464. The number of fused-ring (bicyclic) bond motifs is 1. The molecule has 1 aliphatic carbocycles. The van der Waals surface area contributed by atoms with Gasteiger partial charge in [-0.15, -0.1) is 0 Å². The predicted molar refractivity (Wildman–Crippen MR) is 137 cm³/mol. The van der Waals surface area contributed by atoms with Crippen molar-refractivity contribution in [1.82, 2.24) is 9.80 Å². The van der Waals surface area contributed by atoms with Crippen molar-refractivity contribution in [1.29, 1.82) is 0 Å². The normalized spacial score (nSPS) is 22.8. The highest BCUT2D eigenvalue weighted by Crippen LogP contribution is 2.32. The quantitative estimate of drug-likeness (QED) is 0.674. The first-order chi connectivity index (χ1) is 17.7. The molecular weight excluding hydrogens is 477 g/mol. The maximum absolute atomic E-state index is 14.5. The molecule has 4 rings (SSSR count). The molecule has 2 aromatic rings. The van der Waals surface area contributed by atoms with E-state index in [2.05, 4.69) is 5.32 Å². The Kier molecular flexibility index (Phi) is 8.12. The van der Waals surface area contributed by atoms with Crippen LogP contribution in [0.4, 0.5) is 10.1 Å². The lowest BCUT2D eigenvalue weighted by molar-refractivity contribution is -0.117. The van der Waals surface area contributed by atoms with Crippen LogP contribution in [0.15, 0.2) is 42.5 Å². The van der Waals surface area contributed by atoms with Crippen LogP contribution in [0.1, 0.15) is 47.4 Å². The molecule has 0 saturated heterocycles. The number of halogens is 1. The smallest absolute Gasteiger partial charge is 0.257 e. The van der Waals surface area contributed by atoms with E-state index in [0.717, 1.165) is 12.8 Å². The summed E-state index contributed by atoms with van der Waals surface area (Å²) < 4.78 is 26.3. The average Bonchev–Trinajstić information content (AvgIpc) is 3.73. The molecule has 9 heteroatoms. The van der Waals surface area contributed by atoms with Crippen LogP contribution in [-0.4, -0.2) is 73.5 Å². The summed E-state index contributed by atoms with van der Waals surface area (Å²) in [4.78, 5) is 42.3. The van der Waals surface area contributed by atoms with Gasteiger partial charge in [-0.2, -0.15) is 0 Å². The summed E-state index contributed by atoms with van der Waals surface area (Å²) in [5, 5.41) is 2.88. The van der Waals surface area contributed by atoms with Crippen LogP contribution in [0, 0.1) is 17.7 Å². The fourth-order valence-corrected chi connectivity index (χ4v) is 4.51. The molecule has 0 bridgehead atoms. The molecule has 8 nitrogen and oxygen atoms in total. The lowest BCUT2D eigenvalue weighted by Crippen LogP contribution is -2.48. The number of anilines is 1. The van der Waals surface area contributed by atoms with Crippen LogP contribution >= 0.6 is 0 Å². The van der Waals surface area contributed by atoms with Gasteiger partial charge in [0.05, 0.1) is 23.3 Å². The summed E-state index contributed by atoms with van der Waals surface area (Å²) >= 11 is 0. The zero-order chi connectivity index (χ0) is 26.7. The number of methoxy groups -OCH3 is 1. The third-order valence-electron chi connectivity index (χ3n) is 7.03. The molecule has 1 saturated carbocycles. The van der Waals surface area contributed by atoms with Gasteiger partial charge in [0.2, 0.25) is 5.91 Å². The molecule has 2 aliphatic rings. The summed E-state index contributed by atoms with van der Waals surface area (Å²) in [5.74, 6) is -1.14. The Morgan fingerprint density at radius 1 is 1.11 bits per heavy atom. The number of carbonyl (C=O) groups excluding carboxylic acids is 3. The van der Waals surface area contributed by atoms with Crippen molar-refractivity contribution < 1.29 is 28.2 Å². The van der Waals surface area contributed by atoms with Crippen molar-refractivity contribution in [2.45, 2.75) is 38.8 Å². The molecule has 37 heavy (non-hydrogen) atoms. The second-order valence-corrected chi connectivity index (χ2v) is 10.0. The number of carbonyl (C=O) groups is 3. The molecule has 198 valence electrons. The Morgan fingerprint density at radius 2 is 1.84 bits per heavy atom. The number of amides is 3. The highest BCUT2D eigenvalue weighted by Gasteiger charge is 2.32. The van der Waals surface area contributed by atoms with E-state index in [9.17, 15) is 18.8 Å². The van der Waals surface area contributed by atoms with Gasteiger partial charge in [-0.25, -0.2) is 4.39 Å². The van der Waals surface area contributed by atoms with Crippen molar-refractivity contribution >= 4 is 23.4 Å². The van der Waals surface area contributed by atoms with Crippen molar-refractivity contribution in [3.8, 4) is 5.75 Å². The van der Waals surface area contributed by atoms with E-state index in [1.807, 2.05) is 13.8 Å². The van der Waals surface area contributed by atoms with Crippen molar-refractivity contribution in [2.24, 2.45) is 11.8 Å². The van der Waals surface area contributed by atoms with E-state index in [-0.39, 0.29) is 55.0 Å². The SMILES string of the molecule is CO[C@H]1CN(C)C(=O)c2ccc(NC(=O)C3CC3)cc2OC[C@H](C)N(C(=O)c2ccccc2F)C[C@@H]1C. The zero-order valence-corrected chi connectivity index (χ0v) is 21.7. The van der Waals surface area contributed by atoms with Gasteiger partial charge in [0, 0.05) is 50.8 Å². The second kappa shape index (κ2) is 11.3. The first-order valence-electron chi connectivity index (χ1n) is 12.6. The van der Waals surface area contributed by atoms with Gasteiger partial charge in [-0.05, 0) is 44.0 Å². The van der Waals surface area contributed by atoms with Gasteiger partial charge in [0.15, 0.2) is 0 Å². The molecule has 1 N–H and O–H groups in total. The number of ether oxygens (including phenoxy) is 2. The Morgan fingerprint density at radius 3 is 2.51 bits per heavy atom. The Hall–Kier alpha value is -3.46. The highest BCUT2D eigenvalue weighted by atomic mass is 19.1. The summed E-state index contributed by atoms with van der Waals surface area (Å²) in [5.41, 5.74) is 0.864. The van der Waals surface area contributed by atoms with E-state index >= 15 is 0 Å². The topological polar surface area (TPSA) is 88.2 Å². The molecule has 1 heterocycles. The summed E-state index contributed by atoms with van der Waals surface area (Å²) in [6.07, 6.45) is 1.39. The van der Waals surface area contributed by atoms with Crippen LogP contribution in [0.25, 0.3) is 0 Å². The van der Waals surface area contributed by atoms with Gasteiger partial charge in [-0.1, -0.05) is 19.1 Å². The van der Waals surface area contributed by atoms with E-state index in [4.69, 9.17) is 9.47 Å². The van der Waals surface area contributed by atoms with Crippen molar-refractivity contribution in [3.05, 3.63) is 59.4 Å². The first-order valence-corrected chi connectivity index (χ1v) is 12.6. The van der Waals surface area contributed by atoms with Crippen molar-refractivity contribution in [2.75, 3.05) is 39.2 Å². The minimum Gasteiger partial charge on any atom is -0.491 e. The van der Waals surface area contributed by atoms with E-state index in [1.54, 1.807) is 54.3 Å². The average molecular weight is 512 g/mol. The number of nitrogens with zero attached hydrogens (tertiary/aromatic N) is 2. The maximum atomic E-state index is 14.5. The first kappa shape index (κ1) is 26.6. The number of likely N-dealkylation sites (N-methyl/N-ethyl adjacent to an activating group) is 1. The van der Waals surface area contributed by atoms with Crippen LogP contribution < -0.4 is 10.1 Å². The Bertz CT molecular complexity index is 1170. The molecule has 2 aromatic carbocycles. The monoisotopic (exact) mass is 511 g/mol. The molecule has 1 aliphatic heterocycles. The number of benzene rings is 2. The molecule has 0 aromatic heterocycles. The molecule has 0 spiro atoms. The summed E-state index contributed by atoms with van der Waals surface area (Å²) in [6.45, 7) is 4.39. The van der Waals surface area contributed by atoms with E-state index in [0.29, 0.717) is 17.0 Å². The van der Waals surface area contributed by atoms with Gasteiger partial charge < -0.3 is 24.6 Å². The molecular formula is C28H34FN3O5. The Balaban J connectivity index is 1.67. The molecule has 3 amide bonds.